The Balaban J connectivity index is 1.78. The highest BCUT2D eigenvalue weighted by Gasteiger charge is 2.59. The van der Waals surface area contributed by atoms with Crippen molar-refractivity contribution in [1.29, 1.82) is 0 Å². The number of rotatable bonds is 3. The molecule has 5 N–H and O–H groups in total. The number of hydrogen-bond acceptors (Lipinski definition) is 4. The molecule has 31 heavy (non-hydrogen) atoms. The van der Waals surface area contributed by atoms with Crippen LogP contribution < -0.4 is 16.4 Å². The number of nitrogen functional groups attached to an aromatic ring is 1. The van der Waals surface area contributed by atoms with E-state index in [4.69, 9.17) is 10.8 Å². The van der Waals surface area contributed by atoms with Gasteiger partial charge in [-0.05, 0) is 36.6 Å². The van der Waals surface area contributed by atoms with Gasteiger partial charge in [0.05, 0.1) is 6.61 Å². The second kappa shape index (κ2) is 7.42. The normalized spacial score (nSPS) is 20.2. The van der Waals surface area contributed by atoms with Crippen LogP contribution in [-0.2, 0) is 18.6 Å². The van der Waals surface area contributed by atoms with Crippen LogP contribution in [0.25, 0.3) is 0 Å². The van der Waals surface area contributed by atoms with Crippen LogP contribution in [0, 0.1) is 23.6 Å². The Hall–Kier alpha value is -3.32. The fourth-order valence-electron chi connectivity index (χ4n) is 3.36. The lowest BCUT2D eigenvalue weighted by atomic mass is 9.85. The third-order valence-electron chi connectivity index (χ3n) is 5.22. The molecule has 1 aromatic heterocycles. The number of aromatic nitrogens is 1. The first-order chi connectivity index (χ1) is 14.6. The van der Waals surface area contributed by atoms with Gasteiger partial charge in [-0.1, -0.05) is 17.9 Å². The smallest absolute Gasteiger partial charge is 0.392 e. The summed E-state index contributed by atoms with van der Waals surface area (Å²) in [6.07, 6.45) is -3.66. The summed E-state index contributed by atoms with van der Waals surface area (Å²) in [6, 6.07) is 3.88. The number of nitrogens with two attached hydrogens (primary N) is 1. The van der Waals surface area contributed by atoms with Gasteiger partial charge in [-0.2, -0.15) is 13.2 Å². The van der Waals surface area contributed by atoms with Crippen LogP contribution in [0.2, 0.25) is 0 Å². The average molecular weight is 434 g/mol. The number of halogens is 4. The molecule has 2 amide bonds. The van der Waals surface area contributed by atoms with E-state index >= 15 is 0 Å². The van der Waals surface area contributed by atoms with Gasteiger partial charge in [0.15, 0.2) is 0 Å². The maximum Gasteiger partial charge on any atom is 0.427 e. The summed E-state index contributed by atoms with van der Waals surface area (Å²) in [6.45, 7) is -0.313. The molecule has 1 saturated carbocycles. The SMILES string of the molecule is Nc1nc(Cc2cc3c(cc2F)[C@@](C#CC2CC2)(C(F)(F)F)NC(=O)N3)ccc1CO. The first-order valence-electron chi connectivity index (χ1n) is 9.49. The standard InChI is InChI=1S/C21H18F4N4O2/c22-16-9-15-17(8-13(16)7-14-4-3-12(10-30)18(26)27-14)28-19(31)29-20(15,21(23,24)25)6-5-11-1-2-11/h3-4,8-9,11,30H,1-2,7,10H2,(H2,26,27)(H2,28,29,31)/t20-/m0/s1. The number of alkyl halides is 3. The van der Waals surface area contributed by atoms with Gasteiger partial charge in [0, 0.05) is 34.8 Å². The van der Waals surface area contributed by atoms with E-state index in [0.29, 0.717) is 24.1 Å². The van der Waals surface area contributed by atoms with Crippen molar-refractivity contribution < 1.29 is 27.5 Å². The number of benzene rings is 1. The second-order valence-corrected chi connectivity index (χ2v) is 7.54. The first kappa shape index (κ1) is 20.9. The summed E-state index contributed by atoms with van der Waals surface area (Å²) < 4.78 is 57.2. The Morgan fingerprint density at radius 2 is 2.00 bits per heavy atom. The summed E-state index contributed by atoms with van der Waals surface area (Å²) in [7, 11) is 0. The minimum absolute atomic E-state index is 0.0239. The van der Waals surface area contributed by atoms with Crippen LogP contribution in [0.1, 0.15) is 35.2 Å². The number of amides is 2. The Morgan fingerprint density at radius 1 is 1.26 bits per heavy atom. The summed E-state index contributed by atoms with van der Waals surface area (Å²) >= 11 is 0. The highest BCUT2D eigenvalue weighted by atomic mass is 19.4. The molecule has 6 nitrogen and oxygen atoms in total. The summed E-state index contributed by atoms with van der Waals surface area (Å²) in [4.78, 5) is 16.2. The topological polar surface area (TPSA) is 100 Å². The van der Waals surface area contributed by atoms with E-state index in [9.17, 15) is 22.4 Å². The van der Waals surface area contributed by atoms with Gasteiger partial charge in [0.2, 0.25) is 5.54 Å². The molecule has 4 rings (SSSR count). The largest absolute Gasteiger partial charge is 0.427 e. The second-order valence-electron chi connectivity index (χ2n) is 7.54. The van der Waals surface area contributed by atoms with Crippen LogP contribution in [0.4, 0.5) is 33.9 Å². The van der Waals surface area contributed by atoms with E-state index in [0.717, 1.165) is 12.1 Å². The van der Waals surface area contributed by atoms with E-state index in [-0.39, 0.29) is 36.0 Å². The zero-order chi connectivity index (χ0) is 22.4. The molecule has 0 saturated heterocycles. The van der Waals surface area contributed by atoms with Crippen LogP contribution in [-0.4, -0.2) is 22.3 Å². The van der Waals surface area contributed by atoms with Crippen LogP contribution in [0.15, 0.2) is 24.3 Å². The van der Waals surface area contributed by atoms with Gasteiger partial charge in [-0.3, -0.25) is 0 Å². The Labute approximate surface area is 174 Å². The lowest BCUT2D eigenvalue weighted by Crippen LogP contribution is -2.59. The lowest BCUT2D eigenvalue weighted by molar-refractivity contribution is -0.178. The Kier molecular flexibility index (Phi) is 5.01. The van der Waals surface area contributed by atoms with Crippen molar-refractivity contribution in [2.75, 3.05) is 11.1 Å². The van der Waals surface area contributed by atoms with Crippen LogP contribution in [0.5, 0.6) is 0 Å². The highest BCUT2D eigenvalue weighted by Crippen LogP contribution is 2.45. The molecule has 1 aliphatic heterocycles. The number of carbonyl (C=O) groups excluding carboxylic acids is 1. The zero-order valence-electron chi connectivity index (χ0n) is 16.1. The molecule has 2 aromatic rings. The number of hydrogen-bond donors (Lipinski definition) is 4. The van der Waals surface area contributed by atoms with Crippen molar-refractivity contribution in [2.24, 2.45) is 5.92 Å². The molecule has 1 atom stereocenters. The van der Waals surface area contributed by atoms with E-state index in [2.05, 4.69) is 22.1 Å². The highest BCUT2D eigenvalue weighted by molar-refractivity contribution is 5.95. The van der Waals surface area contributed by atoms with Gasteiger partial charge in [-0.25, -0.2) is 14.2 Å². The molecule has 0 radical (unpaired) electrons. The minimum Gasteiger partial charge on any atom is -0.392 e. The number of fused-ring (bicyclic) bond motifs is 1. The number of carbonyl (C=O) groups is 1. The maximum absolute atomic E-state index is 14.9. The molecule has 10 heteroatoms. The number of aliphatic hydroxyl groups excluding tert-OH is 1. The number of nitrogens with one attached hydrogen (secondary N) is 2. The number of urea groups is 1. The molecular weight excluding hydrogens is 416 g/mol. The summed E-state index contributed by atoms with van der Waals surface area (Å²) in [5.74, 6) is 3.74. The quantitative estimate of drug-likeness (QED) is 0.440. The molecule has 2 heterocycles. The average Bonchev–Trinajstić information content (AvgIpc) is 3.51. The fraction of sp³-hybridized carbons (Fsp3) is 0.333. The third-order valence-corrected chi connectivity index (χ3v) is 5.22. The molecule has 1 aromatic carbocycles. The van der Waals surface area contributed by atoms with Crippen molar-refractivity contribution in [3.8, 4) is 11.8 Å². The van der Waals surface area contributed by atoms with E-state index in [1.54, 1.807) is 0 Å². The molecule has 0 bridgehead atoms. The monoisotopic (exact) mass is 434 g/mol. The lowest BCUT2D eigenvalue weighted by Gasteiger charge is -2.37. The number of pyridine rings is 1. The number of aliphatic hydroxyl groups is 1. The van der Waals surface area contributed by atoms with Gasteiger partial charge >= 0.3 is 12.2 Å². The van der Waals surface area contributed by atoms with E-state index in [1.165, 1.54) is 12.1 Å². The predicted molar refractivity (Wildman–Crippen MR) is 104 cm³/mol. The van der Waals surface area contributed by atoms with Gasteiger partial charge in [-0.15, -0.1) is 0 Å². The Bertz CT molecular complexity index is 1120. The van der Waals surface area contributed by atoms with Crippen molar-refractivity contribution >= 4 is 17.5 Å². The number of anilines is 2. The van der Waals surface area contributed by atoms with Crippen molar-refractivity contribution in [1.82, 2.24) is 10.3 Å². The van der Waals surface area contributed by atoms with Crippen LogP contribution >= 0.6 is 0 Å². The zero-order valence-corrected chi connectivity index (χ0v) is 16.1. The van der Waals surface area contributed by atoms with Gasteiger partial charge in [0.1, 0.15) is 11.6 Å². The molecule has 162 valence electrons. The Morgan fingerprint density at radius 3 is 2.61 bits per heavy atom. The maximum atomic E-state index is 14.9. The first-order valence-corrected chi connectivity index (χ1v) is 9.49. The minimum atomic E-state index is -4.97. The summed E-state index contributed by atoms with van der Waals surface area (Å²) in [5, 5.41) is 13.3. The van der Waals surface area contributed by atoms with Crippen LogP contribution in [0.3, 0.4) is 0 Å². The van der Waals surface area contributed by atoms with Crippen molar-refractivity contribution in [3.63, 3.8) is 0 Å². The number of nitrogens with zero attached hydrogens (tertiary/aromatic N) is 1. The third kappa shape index (κ3) is 3.88. The van der Waals surface area contributed by atoms with E-state index in [1.807, 2.05) is 5.32 Å². The molecular formula is C21H18F4N4O2. The van der Waals surface area contributed by atoms with E-state index < -0.39 is 29.1 Å². The molecule has 0 unspecified atom stereocenters. The fourth-order valence-corrected chi connectivity index (χ4v) is 3.36. The molecule has 1 aliphatic carbocycles. The summed E-state index contributed by atoms with van der Waals surface area (Å²) in [5.41, 5.74) is 2.82. The predicted octanol–water partition coefficient (Wildman–Crippen LogP) is 3.19. The van der Waals surface area contributed by atoms with Gasteiger partial charge in [0.25, 0.3) is 0 Å². The molecule has 1 fully saturated rings. The van der Waals surface area contributed by atoms with Crippen molar-refractivity contribution in [2.45, 2.75) is 37.6 Å². The molecule has 2 aliphatic rings. The molecule has 0 spiro atoms. The van der Waals surface area contributed by atoms with Crippen molar-refractivity contribution in [3.05, 3.63) is 52.5 Å². The van der Waals surface area contributed by atoms with Gasteiger partial charge < -0.3 is 21.5 Å².